The summed E-state index contributed by atoms with van der Waals surface area (Å²) in [7, 11) is 0. The van der Waals surface area contributed by atoms with Gasteiger partial charge in [0.15, 0.2) is 11.6 Å². The van der Waals surface area contributed by atoms with E-state index in [4.69, 9.17) is 0 Å². The van der Waals surface area contributed by atoms with Crippen molar-refractivity contribution in [3.05, 3.63) is 0 Å². The molecule has 0 aromatic carbocycles. The van der Waals surface area contributed by atoms with Gasteiger partial charge >= 0.3 is 0 Å². The van der Waals surface area contributed by atoms with Crippen molar-refractivity contribution in [2.45, 2.75) is 50.3 Å². The summed E-state index contributed by atoms with van der Waals surface area (Å²) in [5.41, 5.74) is 2.38. The van der Waals surface area contributed by atoms with Crippen molar-refractivity contribution in [1.82, 2.24) is 0 Å². The zero-order valence-corrected chi connectivity index (χ0v) is 8.65. The lowest BCUT2D eigenvalue weighted by Crippen LogP contribution is -2.33. The summed E-state index contributed by atoms with van der Waals surface area (Å²) in [5.74, 6) is 0. The Morgan fingerprint density at radius 1 is 1.42 bits per heavy atom. The van der Waals surface area contributed by atoms with Crippen LogP contribution in [0.3, 0.4) is 0 Å². The molecular formula is C10H18NS+. The molecule has 2 rings (SSSR count). The summed E-state index contributed by atoms with van der Waals surface area (Å²) < 4.78 is 2.58. The van der Waals surface area contributed by atoms with Gasteiger partial charge in [-0.15, -0.1) is 0 Å². The van der Waals surface area contributed by atoms with Crippen LogP contribution in [0.25, 0.3) is 0 Å². The van der Waals surface area contributed by atoms with E-state index >= 15 is 0 Å². The molecule has 0 N–H and O–H groups in total. The van der Waals surface area contributed by atoms with Gasteiger partial charge in [0.25, 0.3) is 0 Å². The molecule has 0 spiro atoms. The summed E-state index contributed by atoms with van der Waals surface area (Å²) in [6, 6.07) is 0.892. The second kappa shape index (κ2) is 3.82. The predicted molar refractivity (Wildman–Crippen MR) is 55.1 cm³/mol. The molecule has 68 valence electrons. The van der Waals surface area contributed by atoms with Gasteiger partial charge in [-0.25, -0.2) is 4.58 Å². The molecule has 2 heteroatoms. The molecule has 1 nitrogen and oxygen atoms in total. The normalized spacial score (nSPS) is 34.6. The Morgan fingerprint density at radius 3 is 3.08 bits per heavy atom. The summed E-state index contributed by atoms with van der Waals surface area (Å²) in [5, 5.41) is 0.935. The number of hydrogen-bond donors (Lipinski definition) is 0. The van der Waals surface area contributed by atoms with Gasteiger partial charge in [0.2, 0.25) is 0 Å². The highest BCUT2D eigenvalue weighted by Gasteiger charge is 2.37. The molecule has 2 unspecified atom stereocenters. The number of thioether (sulfide) groups is 1. The van der Waals surface area contributed by atoms with Crippen LogP contribution in [0.4, 0.5) is 0 Å². The smallest absolute Gasteiger partial charge is 0.198 e. The second-order valence-electron chi connectivity index (χ2n) is 3.87. The molecule has 0 amide bonds. The molecule has 1 fully saturated rings. The molecule has 0 aromatic heterocycles. The highest BCUT2D eigenvalue weighted by molar-refractivity contribution is 8.12. The first kappa shape index (κ1) is 8.61. The van der Waals surface area contributed by atoms with E-state index in [1.807, 2.05) is 0 Å². The average Bonchev–Trinajstić information content (AvgIpc) is 2.50. The molecule has 1 aliphatic heterocycles. The summed E-state index contributed by atoms with van der Waals surface area (Å²) in [4.78, 5) is 0. The minimum atomic E-state index is 0.892. The van der Waals surface area contributed by atoms with Crippen LogP contribution in [0.1, 0.15) is 39.0 Å². The van der Waals surface area contributed by atoms with Crippen LogP contribution in [0.5, 0.6) is 0 Å². The fourth-order valence-electron chi connectivity index (χ4n) is 2.33. The minimum Gasteiger partial charge on any atom is -0.227 e. The van der Waals surface area contributed by atoms with Crippen molar-refractivity contribution in [3.8, 4) is 0 Å². The summed E-state index contributed by atoms with van der Waals surface area (Å²) >= 11 is 2.08. The SMILES string of the molecule is CCC[N+]1=CSC2CCCCC21. The Balaban J connectivity index is 1.98. The van der Waals surface area contributed by atoms with E-state index in [9.17, 15) is 0 Å². The summed E-state index contributed by atoms with van der Waals surface area (Å²) in [6.45, 7) is 3.54. The van der Waals surface area contributed by atoms with Crippen molar-refractivity contribution in [1.29, 1.82) is 0 Å². The van der Waals surface area contributed by atoms with Crippen LogP contribution >= 0.6 is 11.8 Å². The summed E-state index contributed by atoms with van der Waals surface area (Å²) in [6.07, 6.45) is 7.10. The molecule has 1 aliphatic carbocycles. The molecule has 0 bridgehead atoms. The van der Waals surface area contributed by atoms with Gasteiger partial charge in [-0.3, -0.25) is 0 Å². The monoisotopic (exact) mass is 184 g/mol. The van der Waals surface area contributed by atoms with E-state index < -0.39 is 0 Å². The molecule has 1 saturated carbocycles. The predicted octanol–water partition coefficient (Wildman–Crippen LogP) is 2.50. The van der Waals surface area contributed by atoms with Crippen molar-refractivity contribution in [3.63, 3.8) is 0 Å². The lowest BCUT2D eigenvalue weighted by atomic mass is 9.94. The van der Waals surface area contributed by atoms with Crippen LogP contribution in [0, 0.1) is 0 Å². The standard InChI is InChI=1S/C10H18NS/c1-2-7-11-8-12-10-6-4-3-5-9(10)11/h8-10H,2-7H2,1H3/q+1. The van der Waals surface area contributed by atoms with E-state index in [2.05, 4.69) is 28.8 Å². The van der Waals surface area contributed by atoms with E-state index in [-0.39, 0.29) is 0 Å². The van der Waals surface area contributed by atoms with Gasteiger partial charge in [0.1, 0.15) is 6.54 Å². The maximum Gasteiger partial charge on any atom is 0.198 e. The maximum atomic E-state index is 2.58. The number of nitrogens with zero attached hydrogens (tertiary/aromatic N) is 1. The quantitative estimate of drug-likeness (QED) is 0.596. The number of fused-ring (bicyclic) bond motifs is 1. The van der Waals surface area contributed by atoms with Gasteiger partial charge < -0.3 is 0 Å². The van der Waals surface area contributed by atoms with E-state index in [1.54, 1.807) is 0 Å². The van der Waals surface area contributed by atoms with Crippen molar-refractivity contribution in [2.75, 3.05) is 6.54 Å². The van der Waals surface area contributed by atoms with Crippen LogP contribution in [-0.4, -0.2) is 28.0 Å². The van der Waals surface area contributed by atoms with Gasteiger partial charge in [0.05, 0.1) is 5.25 Å². The fraction of sp³-hybridized carbons (Fsp3) is 0.900. The van der Waals surface area contributed by atoms with Crippen molar-refractivity contribution >= 4 is 17.3 Å². The van der Waals surface area contributed by atoms with Crippen LogP contribution < -0.4 is 0 Å². The largest absolute Gasteiger partial charge is 0.227 e. The molecular weight excluding hydrogens is 166 g/mol. The zero-order chi connectivity index (χ0) is 8.39. The first-order chi connectivity index (χ1) is 5.92. The van der Waals surface area contributed by atoms with Crippen molar-refractivity contribution < 1.29 is 4.58 Å². The Kier molecular flexibility index (Phi) is 2.74. The van der Waals surface area contributed by atoms with Gasteiger partial charge in [0, 0.05) is 12.8 Å². The third kappa shape index (κ3) is 1.54. The number of hydrogen-bond acceptors (Lipinski definition) is 1. The van der Waals surface area contributed by atoms with E-state index in [0.717, 1.165) is 11.3 Å². The van der Waals surface area contributed by atoms with Crippen LogP contribution in [0.2, 0.25) is 0 Å². The van der Waals surface area contributed by atoms with Crippen molar-refractivity contribution in [2.24, 2.45) is 0 Å². The fourth-order valence-corrected chi connectivity index (χ4v) is 3.68. The lowest BCUT2D eigenvalue weighted by Gasteiger charge is -2.21. The number of rotatable bonds is 2. The maximum absolute atomic E-state index is 2.58. The molecule has 2 aliphatic rings. The zero-order valence-electron chi connectivity index (χ0n) is 7.83. The highest BCUT2D eigenvalue weighted by Crippen LogP contribution is 2.33. The van der Waals surface area contributed by atoms with Crippen LogP contribution in [-0.2, 0) is 0 Å². The molecule has 0 radical (unpaired) electrons. The third-order valence-electron chi connectivity index (χ3n) is 2.95. The van der Waals surface area contributed by atoms with Gasteiger partial charge in [-0.2, -0.15) is 0 Å². The average molecular weight is 184 g/mol. The Hall–Kier alpha value is 0.0200. The minimum absolute atomic E-state index is 0.892. The van der Waals surface area contributed by atoms with Crippen LogP contribution in [0.15, 0.2) is 0 Å². The first-order valence-electron chi connectivity index (χ1n) is 5.16. The molecule has 0 aromatic rings. The highest BCUT2D eigenvalue weighted by atomic mass is 32.2. The van der Waals surface area contributed by atoms with Gasteiger partial charge in [-0.05, 0) is 12.8 Å². The topological polar surface area (TPSA) is 3.01 Å². The Bertz CT molecular complexity index is 188. The molecule has 2 atom stereocenters. The molecule has 0 saturated heterocycles. The first-order valence-corrected chi connectivity index (χ1v) is 6.10. The molecule has 12 heavy (non-hydrogen) atoms. The van der Waals surface area contributed by atoms with Gasteiger partial charge in [-0.1, -0.05) is 25.1 Å². The lowest BCUT2D eigenvalue weighted by molar-refractivity contribution is -0.558. The third-order valence-corrected chi connectivity index (χ3v) is 4.24. The second-order valence-corrected chi connectivity index (χ2v) is 4.96. The Labute approximate surface area is 79.2 Å². The molecule has 1 heterocycles. The van der Waals surface area contributed by atoms with E-state index in [0.29, 0.717) is 0 Å². The van der Waals surface area contributed by atoms with E-state index in [1.165, 1.54) is 38.6 Å². The Morgan fingerprint density at radius 2 is 2.25 bits per heavy atom.